The number of carbonyl (C=O) groups is 1. The molecule has 3 rings (SSSR count). The molecular formula is C18H21N3O. The van der Waals surface area contributed by atoms with Gasteiger partial charge in [-0.1, -0.05) is 49.6 Å². The second-order valence-corrected chi connectivity index (χ2v) is 5.87. The zero-order valence-corrected chi connectivity index (χ0v) is 12.9. The molecule has 1 amide bonds. The lowest BCUT2D eigenvalue weighted by Gasteiger charge is -2.23. The number of nitrogens with zero attached hydrogens (tertiary/aromatic N) is 2. The summed E-state index contributed by atoms with van der Waals surface area (Å²) in [5, 5.41) is 2.84. The van der Waals surface area contributed by atoms with Gasteiger partial charge in [0.25, 0.3) is 0 Å². The van der Waals surface area contributed by atoms with Crippen LogP contribution in [0.25, 0.3) is 11.3 Å². The first-order valence-corrected chi connectivity index (χ1v) is 7.94. The van der Waals surface area contributed by atoms with Crippen LogP contribution in [0.15, 0.2) is 36.5 Å². The molecule has 4 nitrogen and oxygen atoms in total. The predicted octanol–water partition coefficient (Wildman–Crippen LogP) is 4.15. The largest absolute Gasteiger partial charge is 0.309 e. The molecule has 1 aromatic heterocycles. The Morgan fingerprint density at radius 3 is 2.55 bits per heavy atom. The molecule has 4 heteroatoms. The Morgan fingerprint density at radius 1 is 1.14 bits per heavy atom. The van der Waals surface area contributed by atoms with Crippen LogP contribution < -0.4 is 5.32 Å². The number of amides is 1. The SMILES string of the molecule is CC(=O)Nc1ncc(-c2ccccc2)nc1C1CCCCC1. The first-order valence-electron chi connectivity index (χ1n) is 7.94. The summed E-state index contributed by atoms with van der Waals surface area (Å²) in [6.45, 7) is 1.51. The highest BCUT2D eigenvalue weighted by molar-refractivity contribution is 5.88. The van der Waals surface area contributed by atoms with Crippen LogP contribution in [0.4, 0.5) is 5.82 Å². The average Bonchev–Trinajstić information content (AvgIpc) is 2.56. The van der Waals surface area contributed by atoms with E-state index in [2.05, 4.69) is 10.3 Å². The van der Waals surface area contributed by atoms with Crippen molar-refractivity contribution in [2.24, 2.45) is 0 Å². The maximum absolute atomic E-state index is 11.4. The van der Waals surface area contributed by atoms with E-state index < -0.39 is 0 Å². The topological polar surface area (TPSA) is 54.9 Å². The van der Waals surface area contributed by atoms with Crippen molar-refractivity contribution in [1.82, 2.24) is 9.97 Å². The predicted molar refractivity (Wildman–Crippen MR) is 87.6 cm³/mol. The van der Waals surface area contributed by atoms with E-state index in [1.165, 1.54) is 26.2 Å². The maximum atomic E-state index is 11.4. The smallest absolute Gasteiger partial charge is 0.222 e. The van der Waals surface area contributed by atoms with Crippen molar-refractivity contribution in [2.75, 3.05) is 5.32 Å². The molecule has 1 aliphatic carbocycles. The van der Waals surface area contributed by atoms with Crippen LogP contribution in [-0.4, -0.2) is 15.9 Å². The number of nitrogens with one attached hydrogen (secondary N) is 1. The molecule has 0 spiro atoms. The maximum Gasteiger partial charge on any atom is 0.222 e. The van der Waals surface area contributed by atoms with Crippen LogP contribution in [0.1, 0.15) is 50.6 Å². The first kappa shape index (κ1) is 14.7. The number of anilines is 1. The van der Waals surface area contributed by atoms with E-state index in [4.69, 9.17) is 4.98 Å². The van der Waals surface area contributed by atoms with E-state index in [0.29, 0.717) is 11.7 Å². The second-order valence-electron chi connectivity index (χ2n) is 5.87. The van der Waals surface area contributed by atoms with Crippen molar-refractivity contribution < 1.29 is 4.79 Å². The van der Waals surface area contributed by atoms with Gasteiger partial charge in [0.2, 0.25) is 5.91 Å². The summed E-state index contributed by atoms with van der Waals surface area (Å²) in [7, 11) is 0. The number of carbonyl (C=O) groups excluding carboxylic acids is 1. The third kappa shape index (κ3) is 3.32. The Morgan fingerprint density at radius 2 is 1.86 bits per heavy atom. The van der Waals surface area contributed by atoms with Gasteiger partial charge >= 0.3 is 0 Å². The molecule has 1 aromatic carbocycles. The zero-order valence-electron chi connectivity index (χ0n) is 12.9. The highest BCUT2D eigenvalue weighted by Crippen LogP contribution is 2.35. The lowest BCUT2D eigenvalue weighted by molar-refractivity contribution is -0.114. The van der Waals surface area contributed by atoms with Crippen LogP contribution in [0.2, 0.25) is 0 Å². The molecule has 0 radical (unpaired) electrons. The van der Waals surface area contributed by atoms with Crippen molar-refractivity contribution in [2.45, 2.75) is 44.9 Å². The molecule has 22 heavy (non-hydrogen) atoms. The van der Waals surface area contributed by atoms with Gasteiger partial charge in [-0.25, -0.2) is 9.97 Å². The van der Waals surface area contributed by atoms with Gasteiger partial charge in [-0.05, 0) is 12.8 Å². The molecule has 1 aliphatic rings. The van der Waals surface area contributed by atoms with Crippen molar-refractivity contribution >= 4 is 11.7 Å². The second kappa shape index (κ2) is 6.69. The van der Waals surface area contributed by atoms with Gasteiger partial charge in [0.15, 0.2) is 5.82 Å². The summed E-state index contributed by atoms with van der Waals surface area (Å²) >= 11 is 0. The van der Waals surface area contributed by atoms with Crippen molar-refractivity contribution in [3.8, 4) is 11.3 Å². The quantitative estimate of drug-likeness (QED) is 0.925. The molecule has 114 valence electrons. The lowest BCUT2D eigenvalue weighted by atomic mass is 9.86. The molecular weight excluding hydrogens is 274 g/mol. The molecule has 1 saturated carbocycles. The summed E-state index contributed by atoms with van der Waals surface area (Å²) in [5.74, 6) is 0.921. The normalized spacial score (nSPS) is 15.5. The minimum absolute atomic E-state index is 0.0983. The number of hydrogen-bond donors (Lipinski definition) is 1. The minimum Gasteiger partial charge on any atom is -0.309 e. The summed E-state index contributed by atoms with van der Waals surface area (Å²) in [6, 6.07) is 10.1. The molecule has 1 fully saturated rings. The van der Waals surface area contributed by atoms with E-state index in [9.17, 15) is 4.79 Å². The van der Waals surface area contributed by atoms with E-state index in [0.717, 1.165) is 29.8 Å². The van der Waals surface area contributed by atoms with Crippen molar-refractivity contribution in [3.05, 3.63) is 42.2 Å². The third-order valence-electron chi connectivity index (χ3n) is 4.16. The molecule has 2 aromatic rings. The Balaban J connectivity index is 1.99. The first-order chi connectivity index (χ1) is 10.7. The summed E-state index contributed by atoms with van der Waals surface area (Å²) < 4.78 is 0. The molecule has 1 heterocycles. The summed E-state index contributed by atoms with van der Waals surface area (Å²) in [4.78, 5) is 20.7. The van der Waals surface area contributed by atoms with Crippen LogP contribution >= 0.6 is 0 Å². The molecule has 0 unspecified atom stereocenters. The van der Waals surface area contributed by atoms with E-state index in [1.54, 1.807) is 6.20 Å². The third-order valence-corrected chi connectivity index (χ3v) is 4.16. The molecule has 0 saturated heterocycles. The number of hydrogen-bond acceptors (Lipinski definition) is 3. The molecule has 0 bridgehead atoms. The fourth-order valence-corrected chi connectivity index (χ4v) is 3.08. The van der Waals surface area contributed by atoms with Crippen molar-refractivity contribution in [3.63, 3.8) is 0 Å². The minimum atomic E-state index is -0.0983. The monoisotopic (exact) mass is 295 g/mol. The Kier molecular flexibility index (Phi) is 4.47. The van der Waals surface area contributed by atoms with E-state index >= 15 is 0 Å². The zero-order chi connectivity index (χ0) is 15.4. The van der Waals surface area contributed by atoms with Crippen LogP contribution in [0, 0.1) is 0 Å². The highest BCUT2D eigenvalue weighted by atomic mass is 16.1. The van der Waals surface area contributed by atoms with Gasteiger partial charge in [0, 0.05) is 18.4 Å². The van der Waals surface area contributed by atoms with E-state index in [1.807, 2.05) is 30.3 Å². The van der Waals surface area contributed by atoms with Crippen LogP contribution in [0.3, 0.4) is 0 Å². The standard InChI is InChI=1S/C18H21N3O/c1-13(22)20-18-17(15-10-6-3-7-11-15)21-16(12-19-18)14-8-4-2-5-9-14/h2,4-5,8-9,12,15H,3,6-7,10-11H2,1H3,(H,19,20,22). The number of benzene rings is 1. The number of rotatable bonds is 3. The van der Waals surface area contributed by atoms with Gasteiger partial charge in [-0.15, -0.1) is 0 Å². The van der Waals surface area contributed by atoms with Gasteiger partial charge in [-0.3, -0.25) is 4.79 Å². The van der Waals surface area contributed by atoms with E-state index in [-0.39, 0.29) is 5.91 Å². The van der Waals surface area contributed by atoms with Gasteiger partial charge in [0.1, 0.15) is 0 Å². The fraction of sp³-hybridized carbons (Fsp3) is 0.389. The summed E-state index contributed by atoms with van der Waals surface area (Å²) in [5.41, 5.74) is 2.87. The number of aromatic nitrogens is 2. The molecule has 1 N–H and O–H groups in total. The highest BCUT2D eigenvalue weighted by Gasteiger charge is 2.22. The van der Waals surface area contributed by atoms with Gasteiger partial charge < -0.3 is 5.32 Å². The Bertz CT molecular complexity index is 649. The van der Waals surface area contributed by atoms with Gasteiger partial charge in [0.05, 0.1) is 17.6 Å². The fourth-order valence-electron chi connectivity index (χ4n) is 3.08. The Labute approximate surface area is 131 Å². The lowest BCUT2D eigenvalue weighted by Crippen LogP contribution is -2.15. The average molecular weight is 295 g/mol. The molecule has 0 aliphatic heterocycles. The van der Waals surface area contributed by atoms with Crippen molar-refractivity contribution in [1.29, 1.82) is 0 Å². The summed E-state index contributed by atoms with van der Waals surface area (Å²) in [6.07, 6.45) is 7.73. The molecule has 0 atom stereocenters. The van der Waals surface area contributed by atoms with Crippen LogP contribution in [0.5, 0.6) is 0 Å². The Hall–Kier alpha value is -2.23. The van der Waals surface area contributed by atoms with Crippen LogP contribution in [-0.2, 0) is 4.79 Å². The van der Waals surface area contributed by atoms with Gasteiger partial charge in [-0.2, -0.15) is 0 Å².